The average molecular weight is 452 g/mol. The maximum absolute atomic E-state index is 12.4. The van der Waals surface area contributed by atoms with Crippen LogP contribution in [0.15, 0.2) is 52.4 Å². The Labute approximate surface area is 172 Å². The second-order valence-electron chi connectivity index (χ2n) is 5.85. The molecule has 1 aliphatic rings. The van der Waals surface area contributed by atoms with Crippen LogP contribution in [0.3, 0.4) is 0 Å². The van der Waals surface area contributed by atoms with Crippen molar-refractivity contribution in [2.45, 2.75) is 4.90 Å². The fourth-order valence-corrected chi connectivity index (χ4v) is 4.92. The van der Waals surface area contributed by atoms with E-state index in [1.807, 2.05) is 0 Å². The van der Waals surface area contributed by atoms with Gasteiger partial charge in [-0.1, -0.05) is 11.6 Å². The standard InChI is InChI=1S/C17H10ClN3O4S3/c18-8-1-6-12-11(7-8)13(15(22)20-12)14-16(23)21(17(26)27-14)9-2-4-10(5-3-9)28(19,24)25/h1-7,23H,(H2,19,24,25). The van der Waals surface area contributed by atoms with Crippen LogP contribution >= 0.6 is 35.2 Å². The number of fused-ring (bicyclic) bond motifs is 1. The smallest absolute Gasteiger partial charge is 0.279 e. The highest BCUT2D eigenvalue weighted by molar-refractivity contribution is 7.89. The van der Waals surface area contributed by atoms with E-state index in [0.717, 1.165) is 11.3 Å². The van der Waals surface area contributed by atoms with Crippen LogP contribution in [0.5, 0.6) is 5.88 Å². The summed E-state index contributed by atoms with van der Waals surface area (Å²) in [5, 5.41) is 17.3. The molecule has 2 heterocycles. The number of hydrogen-bond acceptors (Lipinski definition) is 6. The van der Waals surface area contributed by atoms with Crippen LogP contribution in [0.25, 0.3) is 11.3 Å². The first-order valence-corrected chi connectivity index (χ1v) is 10.8. The van der Waals surface area contributed by atoms with E-state index < -0.39 is 15.9 Å². The molecule has 0 saturated heterocycles. The summed E-state index contributed by atoms with van der Waals surface area (Å²) in [6.07, 6.45) is 0. The Morgan fingerprint density at radius 1 is 1.18 bits per heavy atom. The number of halogens is 1. The third kappa shape index (κ3) is 3.09. The van der Waals surface area contributed by atoms with Crippen LogP contribution in [-0.2, 0) is 14.8 Å². The summed E-state index contributed by atoms with van der Waals surface area (Å²) in [7, 11) is -3.84. The van der Waals surface area contributed by atoms with Gasteiger partial charge in [-0.2, -0.15) is 0 Å². The third-order valence-electron chi connectivity index (χ3n) is 4.10. The van der Waals surface area contributed by atoms with Gasteiger partial charge in [0.15, 0.2) is 3.95 Å². The van der Waals surface area contributed by atoms with E-state index >= 15 is 0 Å². The van der Waals surface area contributed by atoms with Gasteiger partial charge in [0.05, 0.1) is 21.5 Å². The van der Waals surface area contributed by atoms with E-state index in [-0.39, 0.29) is 25.2 Å². The van der Waals surface area contributed by atoms with Crippen LogP contribution < -0.4 is 15.7 Å². The van der Waals surface area contributed by atoms with Crippen molar-refractivity contribution in [2.24, 2.45) is 10.1 Å². The second-order valence-corrected chi connectivity index (χ2v) is 9.49. The lowest BCUT2D eigenvalue weighted by Gasteiger charge is -2.06. The van der Waals surface area contributed by atoms with Gasteiger partial charge in [0, 0.05) is 10.2 Å². The van der Waals surface area contributed by atoms with Crippen LogP contribution in [0, 0.1) is 3.95 Å². The molecule has 142 valence electrons. The molecule has 7 nitrogen and oxygen atoms in total. The van der Waals surface area contributed by atoms with Crippen molar-refractivity contribution in [3.63, 3.8) is 0 Å². The fourth-order valence-electron chi connectivity index (χ4n) is 2.85. The number of thiazole rings is 1. The number of nitrogens with zero attached hydrogens (tertiary/aromatic N) is 2. The monoisotopic (exact) mass is 451 g/mol. The van der Waals surface area contributed by atoms with Gasteiger partial charge >= 0.3 is 0 Å². The van der Waals surface area contributed by atoms with Gasteiger partial charge in [-0.15, -0.1) is 11.3 Å². The largest absolute Gasteiger partial charge is 0.493 e. The molecule has 0 unspecified atom stereocenters. The van der Waals surface area contributed by atoms with Crippen LogP contribution in [0.2, 0.25) is 5.02 Å². The maximum atomic E-state index is 12.4. The first kappa shape index (κ1) is 19.0. The molecular weight excluding hydrogens is 442 g/mol. The minimum absolute atomic E-state index is 0.0690. The first-order chi connectivity index (χ1) is 13.2. The van der Waals surface area contributed by atoms with Gasteiger partial charge in [-0.25, -0.2) is 18.5 Å². The zero-order valence-electron chi connectivity index (χ0n) is 13.8. The van der Waals surface area contributed by atoms with E-state index in [4.69, 9.17) is 29.0 Å². The van der Waals surface area contributed by atoms with Crippen molar-refractivity contribution < 1.29 is 18.3 Å². The fraction of sp³-hybridized carbons (Fsp3) is 0. The molecule has 0 spiro atoms. The van der Waals surface area contributed by atoms with E-state index in [2.05, 4.69) is 4.99 Å². The van der Waals surface area contributed by atoms with E-state index in [9.17, 15) is 18.3 Å². The molecule has 11 heteroatoms. The van der Waals surface area contributed by atoms with Crippen molar-refractivity contribution in [1.29, 1.82) is 0 Å². The molecule has 1 aromatic heterocycles. The number of sulfonamides is 1. The number of nitrogens with two attached hydrogens (primary N) is 1. The number of benzene rings is 2. The molecule has 0 bridgehead atoms. The average Bonchev–Trinajstić information content (AvgIpc) is 3.09. The predicted molar refractivity (Wildman–Crippen MR) is 107 cm³/mol. The Kier molecular flexibility index (Phi) is 4.47. The van der Waals surface area contributed by atoms with E-state index in [1.54, 1.807) is 18.2 Å². The minimum atomic E-state index is -3.84. The Hall–Kier alpha value is -2.37. The Morgan fingerprint density at radius 3 is 2.50 bits per heavy atom. The lowest BCUT2D eigenvalue weighted by atomic mass is 10.1. The number of aromatic hydroxyl groups is 1. The summed E-state index contributed by atoms with van der Waals surface area (Å²) < 4.78 is 24.4. The molecule has 0 atom stereocenters. The number of amides is 1. The number of hydrogen-bond donors (Lipinski definition) is 2. The van der Waals surface area contributed by atoms with Gasteiger partial charge in [0.25, 0.3) is 5.91 Å². The molecule has 0 saturated carbocycles. The van der Waals surface area contributed by atoms with Crippen molar-refractivity contribution >= 4 is 56.7 Å². The van der Waals surface area contributed by atoms with E-state index in [1.165, 1.54) is 28.8 Å². The van der Waals surface area contributed by atoms with Crippen molar-refractivity contribution in [3.8, 4) is 11.6 Å². The Balaban J connectivity index is 1.93. The normalized spacial score (nSPS) is 13.5. The first-order valence-electron chi connectivity index (χ1n) is 7.68. The zero-order chi connectivity index (χ0) is 20.2. The van der Waals surface area contributed by atoms with Gasteiger partial charge in [0.1, 0.15) is 4.88 Å². The van der Waals surface area contributed by atoms with Gasteiger partial charge in [-0.05, 0) is 54.7 Å². The highest BCUT2D eigenvalue weighted by atomic mass is 35.5. The van der Waals surface area contributed by atoms with Crippen LogP contribution in [0.1, 0.15) is 4.88 Å². The van der Waals surface area contributed by atoms with Gasteiger partial charge in [-0.3, -0.25) is 9.36 Å². The Bertz CT molecular complexity index is 1440. The zero-order valence-corrected chi connectivity index (χ0v) is 17.0. The Morgan fingerprint density at radius 2 is 1.86 bits per heavy atom. The van der Waals surface area contributed by atoms with Crippen molar-refractivity contribution in [3.05, 3.63) is 66.9 Å². The number of aromatic nitrogens is 1. The quantitative estimate of drug-likeness (QED) is 0.587. The van der Waals surface area contributed by atoms with Gasteiger partial charge in [0.2, 0.25) is 15.9 Å². The number of carbonyl (C=O) groups excluding carboxylic acids is 1. The summed E-state index contributed by atoms with van der Waals surface area (Å²) in [4.78, 5) is 16.6. The predicted octanol–water partition coefficient (Wildman–Crippen LogP) is 1.63. The molecule has 28 heavy (non-hydrogen) atoms. The van der Waals surface area contributed by atoms with Crippen LogP contribution in [-0.4, -0.2) is 24.0 Å². The minimum Gasteiger partial charge on any atom is -0.493 e. The van der Waals surface area contributed by atoms with Crippen LogP contribution in [0.4, 0.5) is 0 Å². The molecule has 4 rings (SSSR count). The molecule has 3 aromatic rings. The number of primary sulfonamides is 1. The summed E-state index contributed by atoms with van der Waals surface area (Å²) in [6.45, 7) is 0. The summed E-state index contributed by atoms with van der Waals surface area (Å²) in [6, 6.07) is 10.4. The second kappa shape index (κ2) is 6.61. The van der Waals surface area contributed by atoms with Crippen molar-refractivity contribution in [2.75, 3.05) is 0 Å². The number of rotatable bonds is 3. The number of carbonyl (C=O) groups is 1. The molecule has 1 aliphatic heterocycles. The lowest BCUT2D eigenvalue weighted by Crippen LogP contribution is -2.22. The third-order valence-corrected chi connectivity index (χ3v) is 6.65. The molecule has 0 radical (unpaired) electrons. The summed E-state index contributed by atoms with van der Waals surface area (Å²) in [5.74, 6) is -0.745. The molecular formula is C17H10ClN3O4S3. The van der Waals surface area contributed by atoms with Gasteiger partial charge < -0.3 is 5.11 Å². The maximum Gasteiger partial charge on any atom is 0.279 e. The molecule has 3 N–H and O–H groups in total. The summed E-state index contributed by atoms with van der Waals surface area (Å²) >= 11 is 12.4. The highest BCUT2D eigenvalue weighted by Crippen LogP contribution is 2.35. The molecule has 2 aromatic carbocycles. The van der Waals surface area contributed by atoms with Crippen molar-refractivity contribution in [1.82, 2.24) is 4.57 Å². The molecule has 1 amide bonds. The topological polar surface area (TPSA) is 115 Å². The highest BCUT2D eigenvalue weighted by Gasteiger charge is 2.26. The molecule has 0 aliphatic carbocycles. The summed E-state index contributed by atoms with van der Waals surface area (Å²) in [5.41, 5.74) is 0.637. The molecule has 0 fully saturated rings. The lowest BCUT2D eigenvalue weighted by molar-refractivity contribution is -0.112. The SMILES string of the molecule is NS(=O)(=O)c1ccc(-n2c(O)c(C3=c4cc(Cl)ccc4=NC3=O)sc2=S)cc1. The van der Waals surface area contributed by atoms with E-state index in [0.29, 0.717) is 21.3 Å².